The number of hydrogen-bond acceptors (Lipinski definition) is 2. The van der Waals surface area contributed by atoms with Gasteiger partial charge in [0.15, 0.2) is 0 Å². The first-order valence-electron chi connectivity index (χ1n) is 8.22. The number of hydrogen-bond donors (Lipinski definition) is 3. The highest BCUT2D eigenvalue weighted by Gasteiger charge is 2.22. The van der Waals surface area contributed by atoms with Crippen molar-refractivity contribution in [1.82, 2.24) is 10.6 Å². The van der Waals surface area contributed by atoms with Crippen molar-refractivity contribution in [2.75, 3.05) is 6.61 Å². The molecule has 0 radical (unpaired) electrons. The van der Waals surface area contributed by atoms with Gasteiger partial charge in [0.25, 0.3) is 0 Å². The number of aliphatic hydroxyl groups is 1. The fourth-order valence-corrected chi connectivity index (χ4v) is 3.01. The Morgan fingerprint density at radius 1 is 1.00 bits per heavy atom. The molecule has 0 heterocycles. The summed E-state index contributed by atoms with van der Waals surface area (Å²) in [4.78, 5) is 12.4. The van der Waals surface area contributed by atoms with Crippen LogP contribution in [-0.4, -0.2) is 23.8 Å². The number of carbonyl (C=O) groups is 1. The lowest BCUT2D eigenvalue weighted by Crippen LogP contribution is -2.42. The van der Waals surface area contributed by atoms with E-state index >= 15 is 0 Å². The first kappa shape index (κ1) is 16.3. The molecule has 1 aliphatic rings. The molecule has 2 amide bonds. The second kappa shape index (κ2) is 7.79. The zero-order valence-corrected chi connectivity index (χ0v) is 13.4. The van der Waals surface area contributed by atoms with Crippen LogP contribution in [0.25, 0.3) is 0 Å². The van der Waals surface area contributed by atoms with E-state index in [4.69, 9.17) is 0 Å². The van der Waals surface area contributed by atoms with Crippen molar-refractivity contribution in [3.63, 3.8) is 0 Å². The fourth-order valence-electron chi connectivity index (χ4n) is 3.01. The molecule has 2 atom stereocenters. The van der Waals surface area contributed by atoms with Gasteiger partial charge < -0.3 is 15.7 Å². The Labute approximate surface area is 142 Å². The highest BCUT2D eigenvalue weighted by molar-refractivity contribution is 5.75. The Kier molecular flexibility index (Phi) is 5.29. The summed E-state index contributed by atoms with van der Waals surface area (Å²) >= 11 is 0. The molecule has 3 N–H and O–H groups in total. The van der Waals surface area contributed by atoms with Crippen molar-refractivity contribution < 1.29 is 9.90 Å². The van der Waals surface area contributed by atoms with Gasteiger partial charge in [0.1, 0.15) is 0 Å². The molecule has 24 heavy (non-hydrogen) atoms. The summed E-state index contributed by atoms with van der Waals surface area (Å²) in [6.45, 7) is 0.118. The number of rotatable bonds is 5. The smallest absolute Gasteiger partial charge is 0.316 e. The Hall–Kier alpha value is -2.59. The van der Waals surface area contributed by atoms with Crippen molar-refractivity contribution in [2.45, 2.75) is 18.5 Å². The molecular formula is C20H22N2O2. The average molecular weight is 322 g/mol. The SMILES string of the molecule is O=C(NC(c1ccccc1)c1ccccc1)N[C@@H]1C=C[C@H](CO)C1. The van der Waals surface area contributed by atoms with Gasteiger partial charge in [-0.05, 0) is 17.5 Å². The molecule has 2 aromatic rings. The van der Waals surface area contributed by atoms with Gasteiger partial charge in [-0.2, -0.15) is 0 Å². The predicted molar refractivity (Wildman–Crippen MR) is 94.5 cm³/mol. The van der Waals surface area contributed by atoms with Gasteiger partial charge in [-0.3, -0.25) is 0 Å². The largest absolute Gasteiger partial charge is 0.396 e. The van der Waals surface area contributed by atoms with Crippen LogP contribution in [0, 0.1) is 5.92 Å². The molecule has 4 heteroatoms. The summed E-state index contributed by atoms with van der Waals surface area (Å²) in [6.07, 6.45) is 4.64. The number of benzene rings is 2. The van der Waals surface area contributed by atoms with Gasteiger partial charge >= 0.3 is 6.03 Å². The minimum atomic E-state index is -0.207. The Morgan fingerprint density at radius 2 is 1.58 bits per heavy atom. The van der Waals surface area contributed by atoms with Crippen LogP contribution in [0.5, 0.6) is 0 Å². The third-order valence-electron chi connectivity index (χ3n) is 4.26. The van der Waals surface area contributed by atoms with Gasteiger partial charge in [0.2, 0.25) is 0 Å². The summed E-state index contributed by atoms with van der Waals surface area (Å²) < 4.78 is 0. The minimum Gasteiger partial charge on any atom is -0.396 e. The van der Waals surface area contributed by atoms with Gasteiger partial charge in [-0.15, -0.1) is 0 Å². The number of carbonyl (C=O) groups excluding carboxylic acids is 1. The molecule has 0 fully saturated rings. The van der Waals surface area contributed by atoms with Crippen LogP contribution in [0.4, 0.5) is 4.79 Å². The number of aliphatic hydroxyl groups excluding tert-OH is 1. The molecule has 0 bridgehead atoms. The molecule has 0 spiro atoms. The molecule has 1 aliphatic carbocycles. The topological polar surface area (TPSA) is 61.4 Å². The molecule has 0 saturated heterocycles. The number of urea groups is 1. The maximum atomic E-state index is 12.4. The van der Waals surface area contributed by atoms with E-state index in [9.17, 15) is 9.90 Å². The van der Waals surface area contributed by atoms with Crippen LogP contribution >= 0.6 is 0 Å². The van der Waals surface area contributed by atoms with Gasteiger partial charge in [-0.25, -0.2) is 4.79 Å². The first-order chi connectivity index (χ1) is 11.8. The fraction of sp³-hybridized carbons (Fsp3) is 0.250. The van der Waals surface area contributed by atoms with Crippen molar-refractivity contribution in [3.05, 3.63) is 83.9 Å². The van der Waals surface area contributed by atoms with Crippen molar-refractivity contribution in [3.8, 4) is 0 Å². The van der Waals surface area contributed by atoms with Gasteiger partial charge in [0, 0.05) is 18.6 Å². The highest BCUT2D eigenvalue weighted by Crippen LogP contribution is 2.22. The lowest BCUT2D eigenvalue weighted by Gasteiger charge is -2.21. The normalized spacial score (nSPS) is 19.4. The number of nitrogens with one attached hydrogen (secondary N) is 2. The quantitative estimate of drug-likeness (QED) is 0.741. The van der Waals surface area contributed by atoms with E-state index in [1.54, 1.807) is 0 Å². The van der Waals surface area contributed by atoms with Crippen LogP contribution in [0.1, 0.15) is 23.6 Å². The maximum absolute atomic E-state index is 12.4. The van der Waals surface area contributed by atoms with Crippen LogP contribution in [0.2, 0.25) is 0 Å². The monoisotopic (exact) mass is 322 g/mol. The summed E-state index contributed by atoms with van der Waals surface area (Å²) in [5.74, 6) is 0.134. The zero-order valence-electron chi connectivity index (χ0n) is 13.4. The van der Waals surface area contributed by atoms with Crippen molar-refractivity contribution >= 4 is 6.03 Å². The first-order valence-corrected chi connectivity index (χ1v) is 8.22. The van der Waals surface area contributed by atoms with Gasteiger partial charge in [-0.1, -0.05) is 72.8 Å². The van der Waals surface area contributed by atoms with E-state index in [0.29, 0.717) is 0 Å². The van der Waals surface area contributed by atoms with Crippen molar-refractivity contribution in [2.24, 2.45) is 5.92 Å². The Bertz CT molecular complexity index is 646. The molecule has 0 unspecified atom stereocenters. The lowest BCUT2D eigenvalue weighted by atomic mass is 9.99. The van der Waals surface area contributed by atoms with E-state index in [1.807, 2.05) is 72.8 Å². The molecule has 2 aromatic carbocycles. The minimum absolute atomic E-state index is 0.0330. The second-order valence-corrected chi connectivity index (χ2v) is 6.04. The average Bonchev–Trinajstić information content (AvgIpc) is 3.08. The maximum Gasteiger partial charge on any atom is 0.316 e. The summed E-state index contributed by atoms with van der Waals surface area (Å²) in [7, 11) is 0. The Morgan fingerprint density at radius 3 is 2.08 bits per heavy atom. The summed E-state index contributed by atoms with van der Waals surface area (Å²) in [5.41, 5.74) is 2.07. The third-order valence-corrected chi connectivity index (χ3v) is 4.26. The predicted octanol–water partition coefficient (Wildman–Crippen LogP) is 3.01. The van der Waals surface area contributed by atoms with Gasteiger partial charge in [0.05, 0.1) is 6.04 Å². The number of amides is 2. The highest BCUT2D eigenvalue weighted by atomic mass is 16.3. The van der Waals surface area contributed by atoms with E-state index in [2.05, 4.69) is 10.6 Å². The van der Waals surface area contributed by atoms with Crippen molar-refractivity contribution in [1.29, 1.82) is 0 Å². The molecule has 124 valence electrons. The molecule has 4 nitrogen and oxygen atoms in total. The lowest BCUT2D eigenvalue weighted by molar-refractivity contribution is 0.230. The van der Waals surface area contributed by atoms with Crippen LogP contribution in [0.15, 0.2) is 72.8 Å². The molecule has 3 rings (SSSR count). The molecular weight excluding hydrogens is 300 g/mol. The zero-order chi connectivity index (χ0) is 16.8. The molecule has 0 saturated carbocycles. The second-order valence-electron chi connectivity index (χ2n) is 6.04. The van der Waals surface area contributed by atoms with E-state index in [-0.39, 0.29) is 30.6 Å². The van der Waals surface area contributed by atoms with Crippen LogP contribution in [-0.2, 0) is 0 Å². The van der Waals surface area contributed by atoms with E-state index in [0.717, 1.165) is 17.5 Å². The van der Waals surface area contributed by atoms with E-state index in [1.165, 1.54) is 0 Å². The summed E-state index contributed by atoms with van der Waals surface area (Å²) in [6, 6.07) is 19.4. The molecule has 0 aliphatic heterocycles. The Balaban J connectivity index is 1.71. The summed E-state index contributed by atoms with van der Waals surface area (Å²) in [5, 5.41) is 15.2. The van der Waals surface area contributed by atoms with E-state index < -0.39 is 0 Å². The van der Waals surface area contributed by atoms with Crippen LogP contribution in [0.3, 0.4) is 0 Å². The standard InChI is InChI=1S/C20H22N2O2/c23-14-15-11-12-18(13-15)21-20(24)22-19(16-7-3-1-4-8-16)17-9-5-2-6-10-17/h1-12,15,18-19,23H,13-14H2,(H2,21,22,24)/t15-,18+/m0/s1. The van der Waals surface area contributed by atoms with Crippen LogP contribution < -0.4 is 10.6 Å². The molecule has 0 aromatic heterocycles. The third kappa shape index (κ3) is 4.03.